The SMILES string of the molecule is CCOC(=O)Cc1c(C)nn(C(CC)CC)c1C. The molecule has 4 heteroatoms. The first-order valence-electron chi connectivity index (χ1n) is 6.75. The van der Waals surface area contributed by atoms with Crippen LogP contribution in [0.3, 0.4) is 0 Å². The minimum atomic E-state index is -0.173. The van der Waals surface area contributed by atoms with Crippen molar-refractivity contribution in [3.63, 3.8) is 0 Å². The van der Waals surface area contributed by atoms with E-state index in [1.165, 1.54) is 0 Å². The Balaban J connectivity index is 2.97. The zero-order chi connectivity index (χ0) is 13.7. The molecule has 0 atom stereocenters. The summed E-state index contributed by atoms with van der Waals surface area (Å²) in [4.78, 5) is 11.6. The molecule has 0 saturated carbocycles. The average molecular weight is 252 g/mol. The van der Waals surface area contributed by atoms with Crippen molar-refractivity contribution in [2.75, 3.05) is 6.61 Å². The lowest BCUT2D eigenvalue weighted by atomic mass is 10.1. The highest BCUT2D eigenvalue weighted by molar-refractivity contribution is 5.73. The van der Waals surface area contributed by atoms with E-state index in [0.717, 1.165) is 29.8 Å². The minimum Gasteiger partial charge on any atom is -0.466 e. The van der Waals surface area contributed by atoms with E-state index in [2.05, 4.69) is 23.6 Å². The minimum absolute atomic E-state index is 0.173. The first-order chi connectivity index (χ1) is 8.54. The Morgan fingerprint density at radius 3 is 2.39 bits per heavy atom. The van der Waals surface area contributed by atoms with Gasteiger partial charge in [-0.2, -0.15) is 5.10 Å². The summed E-state index contributed by atoms with van der Waals surface area (Å²) < 4.78 is 7.06. The van der Waals surface area contributed by atoms with E-state index in [1.54, 1.807) is 0 Å². The van der Waals surface area contributed by atoms with E-state index in [9.17, 15) is 4.79 Å². The topological polar surface area (TPSA) is 44.1 Å². The van der Waals surface area contributed by atoms with Gasteiger partial charge in [-0.3, -0.25) is 9.48 Å². The molecular weight excluding hydrogens is 228 g/mol. The standard InChI is InChI=1S/C14H24N2O2/c1-6-12(7-2)16-11(5)13(10(4)15-16)9-14(17)18-8-3/h12H,6-9H2,1-5H3. The van der Waals surface area contributed by atoms with Crippen LogP contribution >= 0.6 is 0 Å². The van der Waals surface area contributed by atoms with Crippen LogP contribution in [0.25, 0.3) is 0 Å². The number of hydrogen-bond acceptors (Lipinski definition) is 3. The van der Waals surface area contributed by atoms with Crippen LogP contribution in [0, 0.1) is 13.8 Å². The molecule has 1 aromatic heterocycles. The number of rotatable bonds is 6. The van der Waals surface area contributed by atoms with Gasteiger partial charge in [-0.1, -0.05) is 13.8 Å². The molecule has 0 aliphatic heterocycles. The number of ether oxygens (including phenoxy) is 1. The summed E-state index contributed by atoms with van der Waals surface area (Å²) in [5, 5.41) is 4.57. The summed E-state index contributed by atoms with van der Waals surface area (Å²) >= 11 is 0. The number of carbonyl (C=O) groups excluding carboxylic acids is 1. The van der Waals surface area contributed by atoms with Gasteiger partial charge in [0.25, 0.3) is 0 Å². The summed E-state index contributed by atoms with van der Waals surface area (Å²) in [6.45, 7) is 10.6. The molecule has 1 aromatic rings. The molecule has 0 amide bonds. The van der Waals surface area contributed by atoms with Crippen molar-refractivity contribution in [3.05, 3.63) is 17.0 Å². The predicted molar refractivity (Wildman–Crippen MR) is 71.7 cm³/mol. The first kappa shape index (κ1) is 14.7. The molecule has 18 heavy (non-hydrogen) atoms. The molecule has 1 rings (SSSR count). The fraction of sp³-hybridized carbons (Fsp3) is 0.714. The number of carbonyl (C=O) groups is 1. The molecule has 0 aliphatic rings. The van der Waals surface area contributed by atoms with Crippen LogP contribution in [0.4, 0.5) is 0 Å². The van der Waals surface area contributed by atoms with Gasteiger partial charge >= 0.3 is 5.97 Å². The van der Waals surface area contributed by atoms with E-state index >= 15 is 0 Å². The third-order valence-electron chi connectivity index (χ3n) is 3.39. The smallest absolute Gasteiger partial charge is 0.310 e. The lowest BCUT2D eigenvalue weighted by Gasteiger charge is -2.15. The lowest BCUT2D eigenvalue weighted by Crippen LogP contribution is -2.12. The number of hydrogen-bond donors (Lipinski definition) is 0. The monoisotopic (exact) mass is 252 g/mol. The molecule has 1 heterocycles. The van der Waals surface area contributed by atoms with Gasteiger partial charge in [0.2, 0.25) is 0 Å². The maximum Gasteiger partial charge on any atom is 0.310 e. The van der Waals surface area contributed by atoms with Crippen LogP contribution in [0.2, 0.25) is 0 Å². The van der Waals surface area contributed by atoms with Crippen molar-refractivity contribution in [3.8, 4) is 0 Å². The van der Waals surface area contributed by atoms with Gasteiger partial charge in [0.15, 0.2) is 0 Å². The maximum absolute atomic E-state index is 11.6. The molecule has 0 fully saturated rings. The molecule has 0 aromatic carbocycles. The second-order valence-corrected chi connectivity index (χ2v) is 4.55. The summed E-state index contributed by atoms with van der Waals surface area (Å²) in [5.74, 6) is -0.173. The molecule has 4 nitrogen and oxygen atoms in total. The summed E-state index contributed by atoms with van der Waals surface area (Å²) in [7, 11) is 0. The second kappa shape index (κ2) is 6.57. The summed E-state index contributed by atoms with van der Waals surface area (Å²) in [6.07, 6.45) is 2.43. The molecule has 0 unspecified atom stereocenters. The normalized spacial score (nSPS) is 11.0. The number of nitrogens with zero attached hydrogens (tertiary/aromatic N) is 2. The van der Waals surface area contributed by atoms with E-state index < -0.39 is 0 Å². The third-order valence-corrected chi connectivity index (χ3v) is 3.39. The molecule has 102 valence electrons. The van der Waals surface area contributed by atoms with E-state index in [-0.39, 0.29) is 5.97 Å². The first-order valence-corrected chi connectivity index (χ1v) is 6.75. The Hall–Kier alpha value is -1.32. The lowest BCUT2D eigenvalue weighted by molar-refractivity contribution is -0.142. The van der Waals surface area contributed by atoms with Crippen LogP contribution in [-0.2, 0) is 16.0 Å². The summed E-state index contributed by atoms with van der Waals surface area (Å²) in [5.41, 5.74) is 3.04. The highest BCUT2D eigenvalue weighted by atomic mass is 16.5. The fourth-order valence-electron chi connectivity index (χ4n) is 2.30. The van der Waals surface area contributed by atoms with E-state index in [4.69, 9.17) is 4.74 Å². The molecule has 0 bridgehead atoms. The molecule has 0 N–H and O–H groups in total. The van der Waals surface area contributed by atoms with Crippen LogP contribution in [0.1, 0.15) is 56.6 Å². The van der Waals surface area contributed by atoms with Crippen LogP contribution in [-0.4, -0.2) is 22.4 Å². The van der Waals surface area contributed by atoms with Gasteiger partial charge in [0, 0.05) is 11.3 Å². The second-order valence-electron chi connectivity index (χ2n) is 4.55. The van der Waals surface area contributed by atoms with Crippen molar-refractivity contribution in [2.45, 2.75) is 59.9 Å². The highest BCUT2D eigenvalue weighted by Gasteiger charge is 2.18. The average Bonchev–Trinajstić information content (AvgIpc) is 2.60. The molecule has 0 aliphatic carbocycles. The van der Waals surface area contributed by atoms with Crippen molar-refractivity contribution < 1.29 is 9.53 Å². The Kier molecular flexibility index (Phi) is 5.38. The number of aromatic nitrogens is 2. The largest absolute Gasteiger partial charge is 0.466 e. The summed E-state index contributed by atoms with van der Waals surface area (Å²) in [6, 6.07) is 0.416. The zero-order valence-corrected chi connectivity index (χ0v) is 12.1. The van der Waals surface area contributed by atoms with Gasteiger partial charge in [-0.05, 0) is 33.6 Å². The quantitative estimate of drug-likeness (QED) is 0.731. The fourth-order valence-corrected chi connectivity index (χ4v) is 2.30. The molecule has 0 spiro atoms. The number of esters is 1. The Bertz CT molecular complexity index is 406. The zero-order valence-electron chi connectivity index (χ0n) is 12.1. The van der Waals surface area contributed by atoms with E-state index in [0.29, 0.717) is 19.1 Å². The van der Waals surface area contributed by atoms with Gasteiger partial charge in [0.1, 0.15) is 0 Å². The van der Waals surface area contributed by atoms with Crippen molar-refractivity contribution in [2.24, 2.45) is 0 Å². The third kappa shape index (κ3) is 3.12. The molecular formula is C14H24N2O2. The number of aryl methyl sites for hydroxylation is 1. The van der Waals surface area contributed by atoms with Crippen molar-refractivity contribution >= 4 is 5.97 Å². The van der Waals surface area contributed by atoms with Gasteiger partial charge in [0.05, 0.1) is 24.8 Å². The predicted octanol–water partition coefficient (Wildman–Crippen LogP) is 2.97. The Morgan fingerprint density at radius 1 is 1.28 bits per heavy atom. The Labute approximate surface area is 109 Å². The Morgan fingerprint density at radius 2 is 1.89 bits per heavy atom. The van der Waals surface area contributed by atoms with E-state index in [1.807, 2.05) is 20.8 Å². The molecule has 0 radical (unpaired) electrons. The van der Waals surface area contributed by atoms with Crippen molar-refractivity contribution in [1.82, 2.24) is 9.78 Å². The van der Waals surface area contributed by atoms with Crippen LogP contribution in [0.5, 0.6) is 0 Å². The van der Waals surface area contributed by atoms with Crippen LogP contribution < -0.4 is 0 Å². The van der Waals surface area contributed by atoms with Crippen LogP contribution in [0.15, 0.2) is 0 Å². The molecule has 0 saturated heterocycles. The van der Waals surface area contributed by atoms with Gasteiger partial charge in [-0.25, -0.2) is 0 Å². The maximum atomic E-state index is 11.6. The van der Waals surface area contributed by atoms with Crippen molar-refractivity contribution in [1.29, 1.82) is 0 Å². The van der Waals surface area contributed by atoms with Gasteiger partial charge < -0.3 is 4.74 Å². The highest BCUT2D eigenvalue weighted by Crippen LogP contribution is 2.22. The van der Waals surface area contributed by atoms with Gasteiger partial charge in [-0.15, -0.1) is 0 Å².